The summed E-state index contributed by atoms with van der Waals surface area (Å²) in [4.78, 5) is 20.1. The third kappa shape index (κ3) is 6.59. The van der Waals surface area contributed by atoms with Gasteiger partial charge in [0.1, 0.15) is 25.1 Å². The smallest absolute Gasteiger partial charge is 0.259 e. The number of carbonyl (C=O) groups is 1. The van der Waals surface area contributed by atoms with Crippen LogP contribution in [0.1, 0.15) is 30.7 Å². The Bertz CT molecular complexity index is 1100. The van der Waals surface area contributed by atoms with E-state index >= 15 is 0 Å². The van der Waals surface area contributed by atoms with E-state index in [1.807, 2.05) is 32.0 Å². The highest BCUT2D eigenvalue weighted by Gasteiger charge is 2.15. The highest BCUT2D eigenvalue weighted by molar-refractivity contribution is 5.76. The monoisotopic (exact) mass is 454 g/mol. The summed E-state index contributed by atoms with van der Waals surface area (Å²) in [6.07, 6.45) is 1.78. The Morgan fingerprint density at radius 3 is 2.67 bits per heavy atom. The van der Waals surface area contributed by atoms with Crippen molar-refractivity contribution in [2.45, 2.75) is 40.2 Å². The summed E-state index contributed by atoms with van der Waals surface area (Å²) in [7, 11) is 0. The molecule has 1 aromatic carbocycles. The lowest BCUT2D eigenvalue weighted by Crippen LogP contribution is -2.36. The van der Waals surface area contributed by atoms with Gasteiger partial charge < -0.3 is 24.8 Å². The molecule has 0 aliphatic carbocycles. The van der Waals surface area contributed by atoms with Crippen molar-refractivity contribution in [2.75, 3.05) is 19.8 Å². The number of benzene rings is 1. The molecule has 3 rings (SSSR count). The summed E-state index contributed by atoms with van der Waals surface area (Å²) in [5.41, 5.74) is 4.62. The molecule has 1 amide bonds. The topological polar surface area (TPSA) is 131 Å². The number of carbonyl (C=O) groups excluding carboxylic acids is 1. The van der Waals surface area contributed by atoms with Gasteiger partial charge in [0.25, 0.3) is 5.89 Å². The Kier molecular flexibility index (Phi) is 8.13. The van der Waals surface area contributed by atoms with Crippen LogP contribution in [0.5, 0.6) is 5.75 Å². The number of aryl methyl sites for hydroxylation is 2. The molecule has 0 saturated carbocycles. The van der Waals surface area contributed by atoms with Crippen molar-refractivity contribution in [1.29, 1.82) is 0 Å². The highest BCUT2D eigenvalue weighted by Crippen LogP contribution is 2.28. The van der Waals surface area contributed by atoms with Crippen LogP contribution in [0, 0.1) is 19.8 Å². The largest absolute Gasteiger partial charge is 0.491 e. The van der Waals surface area contributed by atoms with Crippen LogP contribution >= 0.6 is 0 Å². The second-order valence-electron chi connectivity index (χ2n) is 8.41. The molecule has 9 heteroatoms. The van der Waals surface area contributed by atoms with Crippen molar-refractivity contribution in [2.24, 2.45) is 5.92 Å². The molecule has 3 aromatic rings. The Morgan fingerprint density at radius 1 is 1.21 bits per heavy atom. The number of ether oxygens (including phenoxy) is 1. The molecule has 3 N–H and O–H groups in total. The molecule has 2 aromatic heterocycles. The van der Waals surface area contributed by atoms with E-state index in [0.29, 0.717) is 23.4 Å². The number of aliphatic hydroxyl groups excluding tert-OH is 2. The molecule has 0 bridgehead atoms. The number of amides is 1. The number of nitrogens with one attached hydrogen (secondary N) is 1. The molecule has 2 heterocycles. The van der Waals surface area contributed by atoms with Gasteiger partial charge in [-0.2, -0.15) is 4.98 Å². The van der Waals surface area contributed by atoms with Crippen LogP contribution in [0.2, 0.25) is 0 Å². The van der Waals surface area contributed by atoms with Gasteiger partial charge in [-0.05, 0) is 61.6 Å². The number of hydrogen-bond acceptors (Lipinski definition) is 8. The molecule has 33 heavy (non-hydrogen) atoms. The predicted molar refractivity (Wildman–Crippen MR) is 123 cm³/mol. The Morgan fingerprint density at radius 2 is 2.00 bits per heavy atom. The van der Waals surface area contributed by atoms with Gasteiger partial charge in [0.05, 0.1) is 5.56 Å². The first kappa shape index (κ1) is 24.3. The van der Waals surface area contributed by atoms with E-state index < -0.39 is 18.6 Å². The molecule has 9 nitrogen and oxygen atoms in total. The van der Waals surface area contributed by atoms with Crippen LogP contribution in [0.4, 0.5) is 0 Å². The van der Waals surface area contributed by atoms with Gasteiger partial charge in [-0.25, -0.2) is 0 Å². The summed E-state index contributed by atoms with van der Waals surface area (Å²) >= 11 is 0. The molecule has 0 spiro atoms. The van der Waals surface area contributed by atoms with Crippen molar-refractivity contribution in [3.05, 3.63) is 47.3 Å². The zero-order valence-electron chi connectivity index (χ0n) is 19.3. The van der Waals surface area contributed by atoms with E-state index in [1.165, 1.54) is 0 Å². The van der Waals surface area contributed by atoms with Crippen molar-refractivity contribution >= 4 is 5.91 Å². The Balaban J connectivity index is 1.66. The highest BCUT2D eigenvalue weighted by atomic mass is 16.5. The zero-order chi connectivity index (χ0) is 24.0. The van der Waals surface area contributed by atoms with E-state index in [1.54, 1.807) is 12.3 Å². The molecule has 0 saturated heterocycles. The summed E-state index contributed by atoms with van der Waals surface area (Å²) in [5.74, 6) is 1.41. The number of pyridine rings is 1. The second kappa shape index (κ2) is 11.0. The molecule has 0 radical (unpaired) electrons. The van der Waals surface area contributed by atoms with Crippen molar-refractivity contribution in [3.8, 4) is 28.6 Å². The molecule has 176 valence electrons. The molecule has 0 aliphatic heterocycles. The van der Waals surface area contributed by atoms with Gasteiger partial charge >= 0.3 is 0 Å². The summed E-state index contributed by atoms with van der Waals surface area (Å²) in [5, 5.41) is 25.1. The number of hydrogen-bond donors (Lipinski definition) is 3. The quantitative estimate of drug-likeness (QED) is 0.426. The molecule has 0 fully saturated rings. The molecule has 0 aliphatic rings. The zero-order valence-corrected chi connectivity index (χ0v) is 19.3. The van der Waals surface area contributed by atoms with Crippen LogP contribution in [0.25, 0.3) is 22.8 Å². The number of aromatic nitrogens is 3. The van der Waals surface area contributed by atoms with E-state index in [-0.39, 0.29) is 13.2 Å². The average Bonchev–Trinajstić information content (AvgIpc) is 3.27. The van der Waals surface area contributed by atoms with Crippen LogP contribution in [-0.2, 0) is 11.2 Å². The lowest BCUT2D eigenvalue weighted by molar-refractivity contribution is -0.124. The maximum absolute atomic E-state index is 11.0. The van der Waals surface area contributed by atoms with Gasteiger partial charge in [0, 0.05) is 24.0 Å². The fraction of sp³-hybridized carbons (Fsp3) is 0.417. The lowest BCUT2D eigenvalue weighted by Gasteiger charge is -2.13. The van der Waals surface area contributed by atoms with E-state index in [4.69, 9.17) is 14.4 Å². The second-order valence-corrected chi connectivity index (χ2v) is 8.41. The van der Waals surface area contributed by atoms with Crippen molar-refractivity contribution in [3.63, 3.8) is 0 Å². The molecular weight excluding hydrogens is 424 g/mol. The molecule has 1 unspecified atom stereocenters. The van der Waals surface area contributed by atoms with Crippen LogP contribution in [-0.4, -0.2) is 57.1 Å². The van der Waals surface area contributed by atoms with Crippen LogP contribution in [0.15, 0.2) is 35.0 Å². The minimum atomic E-state index is -0.899. The molecule has 1 atom stereocenters. The maximum atomic E-state index is 11.0. The third-order valence-electron chi connectivity index (χ3n) is 5.02. The number of nitrogens with zero attached hydrogens (tertiary/aromatic N) is 3. The minimum absolute atomic E-state index is 0.00396. The van der Waals surface area contributed by atoms with Gasteiger partial charge in [-0.15, -0.1) is 0 Å². The minimum Gasteiger partial charge on any atom is -0.491 e. The van der Waals surface area contributed by atoms with E-state index in [2.05, 4.69) is 34.3 Å². The first-order valence-electron chi connectivity index (χ1n) is 10.9. The van der Waals surface area contributed by atoms with Crippen molar-refractivity contribution < 1.29 is 24.3 Å². The summed E-state index contributed by atoms with van der Waals surface area (Å²) in [6, 6.07) is 7.41. The normalized spacial score (nSPS) is 12.1. The molecular formula is C24H30N4O5. The average molecular weight is 455 g/mol. The van der Waals surface area contributed by atoms with E-state index in [9.17, 15) is 9.90 Å². The van der Waals surface area contributed by atoms with Gasteiger partial charge in [0.2, 0.25) is 11.7 Å². The first-order chi connectivity index (χ1) is 15.8. The lowest BCUT2D eigenvalue weighted by atomic mass is 10.0. The first-order valence-corrected chi connectivity index (χ1v) is 10.9. The number of rotatable bonds is 10. The predicted octanol–water partition coefficient (Wildman–Crippen LogP) is 2.46. The SMILES string of the molecule is Cc1cc(OCC(O)CNC(=O)CO)ccc1-c1noc(-c2cnc(CC(C)C)c(C)c2)n1. The maximum Gasteiger partial charge on any atom is 0.259 e. The van der Waals surface area contributed by atoms with Gasteiger partial charge in [-0.1, -0.05) is 19.0 Å². The van der Waals surface area contributed by atoms with Gasteiger partial charge in [0.15, 0.2) is 0 Å². The van der Waals surface area contributed by atoms with E-state index in [0.717, 1.165) is 34.4 Å². The summed E-state index contributed by atoms with van der Waals surface area (Å²) in [6.45, 7) is 7.64. The standard InChI is InChI=1S/C24H30N4O5/c1-14(2)7-21-16(4)8-17(10-25-21)24-27-23(28-33-24)20-6-5-19(9-15(20)3)32-13-18(30)11-26-22(31)12-29/h5-6,8-10,14,18,29-30H,7,11-13H2,1-4H3,(H,26,31). The van der Waals surface area contributed by atoms with Crippen LogP contribution < -0.4 is 10.1 Å². The van der Waals surface area contributed by atoms with Crippen molar-refractivity contribution in [1.82, 2.24) is 20.4 Å². The Labute approximate surface area is 192 Å². The fourth-order valence-corrected chi connectivity index (χ4v) is 3.29. The third-order valence-corrected chi connectivity index (χ3v) is 5.02. The van der Waals surface area contributed by atoms with Crippen LogP contribution in [0.3, 0.4) is 0 Å². The summed E-state index contributed by atoms with van der Waals surface area (Å²) < 4.78 is 11.1. The number of aliphatic hydroxyl groups is 2. The van der Waals surface area contributed by atoms with Gasteiger partial charge in [-0.3, -0.25) is 9.78 Å². The fourth-order valence-electron chi connectivity index (χ4n) is 3.29. The Hall–Kier alpha value is -3.30.